The molecule has 2 unspecified atom stereocenters. The number of halogens is 4. The predicted molar refractivity (Wildman–Crippen MR) is 102 cm³/mol. The van der Waals surface area contributed by atoms with Crippen LogP contribution in [0.15, 0.2) is 0 Å². The molecule has 0 aromatic carbocycles. The third kappa shape index (κ3) is 3.04. The minimum Gasteiger partial charge on any atom is -0.462 e. The van der Waals surface area contributed by atoms with Crippen molar-refractivity contribution in [1.29, 1.82) is 0 Å². The zero-order chi connectivity index (χ0) is 22.3. The van der Waals surface area contributed by atoms with Crippen LogP contribution in [-0.2, 0) is 14.3 Å². The molecular formula is C23H32F4O3. The molecule has 0 N–H and O–H groups in total. The quantitative estimate of drug-likeness (QED) is 0.418. The first-order valence-electron chi connectivity index (χ1n) is 11.2. The van der Waals surface area contributed by atoms with Crippen LogP contribution >= 0.6 is 0 Å². The average molecular weight is 432 g/mol. The van der Waals surface area contributed by atoms with Gasteiger partial charge in [-0.15, -0.1) is 0 Å². The van der Waals surface area contributed by atoms with Crippen LogP contribution in [0.1, 0.15) is 72.6 Å². The summed E-state index contributed by atoms with van der Waals surface area (Å²) in [6, 6.07) is 0. The molecule has 4 aliphatic rings. The molecule has 7 heteroatoms. The molecule has 30 heavy (non-hydrogen) atoms. The Morgan fingerprint density at radius 2 is 1.80 bits per heavy atom. The van der Waals surface area contributed by atoms with Crippen LogP contribution < -0.4 is 0 Å². The maximum absolute atomic E-state index is 15.7. The first kappa shape index (κ1) is 22.1. The molecule has 0 heterocycles. The van der Waals surface area contributed by atoms with Gasteiger partial charge in [0.15, 0.2) is 0 Å². The summed E-state index contributed by atoms with van der Waals surface area (Å²) in [7, 11) is 0. The molecule has 4 saturated carbocycles. The molecular weight excluding hydrogens is 400 g/mol. The highest BCUT2D eigenvalue weighted by molar-refractivity contribution is 5.84. The summed E-state index contributed by atoms with van der Waals surface area (Å²) >= 11 is 0. The van der Waals surface area contributed by atoms with Crippen LogP contribution in [-0.4, -0.2) is 29.7 Å². The highest BCUT2D eigenvalue weighted by Crippen LogP contribution is 2.71. The zero-order valence-corrected chi connectivity index (χ0v) is 18.2. The Bertz CT molecular complexity index is 747. The summed E-state index contributed by atoms with van der Waals surface area (Å²) in [5.74, 6) is -12.0. The van der Waals surface area contributed by atoms with Gasteiger partial charge in [-0.2, -0.15) is 0 Å². The van der Waals surface area contributed by atoms with Crippen LogP contribution in [0.4, 0.5) is 17.6 Å². The van der Waals surface area contributed by atoms with E-state index < -0.39 is 58.4 Å². The van der Waals surface area contributed by atoms with E-state index in [0.29, 0.717) is 12.8 Å². The van der Waals surface area contributed by atoms with Crippen LogP contribution in [0.2, 0.25) is 0 Å². The number of hydrogen-bond acceptors (Lipinski definition) is 3. The standard InChI is InChI=1S/C23H32F4O3/c1-12(28)30-15-9-16(22(4,24)25)21(3)11-14(29)17-19(18(15)21)23(26,27)10-13-7-5-6-8-20(13,17)2/h13,15-19H,5-11H2,1-4H3/t13?,15?,16-,17-,18-,19+,20-,21+/m0/s1. The van der Waals surface area contributed by atoms with Crippen LogP contribution in [0, 0.1) is 40.4 Å². The highest BCUT2D eigenvalue weighted by Gasteiger charge is 2.74. The van der Waals surface area contributed by atoms with Gasteiger partial charge in [-0.1, -0.05) is 26.7 Å². The van der Waals surface area contributed by atoms with Gasteiger partial charge in [0.05, 0.1) is 0 Å². The Balaban J connectivity index is 1.85. The molecule has 4 fully saturated rings. The largest absolute Gasteiger partial charge is 0.462 e. The lowest BCUT2D eigenvalue weighted by Gasteiger charge is -2.61. The van der Waals surface area contributed by atoms with E-state index in [1.807, 2.05) is 6.92 Å². The van der Waals surface area contributed by atoms with Crippen LogP contribution in [0.3, 0.4) is 0 Å². The fourth-order valence-electron chi connectivity index (χ4n) is 8.13. The number of alkyl halides is 4. The van der Waals surface area contributed by atoms with Crippen molar-refractivity contribution in [2.24, 2.45) is 40.4 Å². The van der Waals surface area contributed by atoms with E-state index in [0.717, 1.165) is 19.8 Å². The third-order valence-corrected chi connectivity index (χ3v) is 9.17. The first-order chi connectivity index (χ1) is 13.7. The number of carbonyl (C=O) groups excluding carboxylic acids is 2. The second-order valence-corrected chi connectivity index (χ2v) is 11.0. The summed E-state index contributed by atoms with van der Waals surface area (Å²) in [5, 5.41) is 0. The number of rotatable bonds is 2. The van der Waals surface area contributed by atoms with Gasteiger partial charge in [-0.25, -0.2) is 17.6 Å². The molecule has 0 bridgehead atoms. The van der Waals surface area contributed by atoms with Gasteiger partial charge in [0.2, 0.25) is 5.92 Å². The van der Waals surface area contributed by atoms with E-state index in [4.69, 9.17) is 4.74 Å². The molecule has 3 nitrogen and oxygen atoms in total. The normalized spacial score (nSPS) is 47.8. The third-order valence-electron chi connectivity index (χ3n) is 9.17. The molecule has 0 aliphatic heterocycles. The lowest BCUT2D eigenvalue weighted by Crippen LogP contribution is -2.64. The minimum atomic E-state index is -3.16. The van der Waals surface area contributed by atoms with Crippen molar-refractivity contribution in [2.75, 3.05) is 0 Å². The van der Waals surface area contributed by atoms with E-state index in [1.165, 1.54) is 6.92 Å². The minimum absolute atomic E-state index is 0.150. The molecule has 4 aliphatic carbocycles. The second-order valence-electron chi connectivity index (χ2n) is 11.0. The highest BCUT2D eigenvalue weighted by atomic mass is 19.3. The predicted octanol–water partition coefficient (Wildman–Crippen LogP) is 5.66. The zero-order valence-electron chi connectivity index (χ0n) is 18.2. The van der Waals surface area contributed by atoms with Crippen molar-refractivity contribution in [3.05, 3.63) is 0 Å². The van der Waals surface area contributed by atoms with Crippen molar-refractivity contribution in [2.45, 2.75) is 90.6 Å². The number of hydrogen-bond donors (Lipinski definition) is 0. The van der Waals surface area contributed by atoms with Gasteiger partial charge >= 0.3 is 5.97 Å². The van der Waals surface area contributed by atoms with Crippen molar-refractivity contribution < 1.29 is 31.9 Å². The molecule has 0 aromatic rings. The average Bonchev–Trinajstić information content (AvgIpc) is 2.86. The fraction of sp³-hybridized carbons (Fsp3) is 0.913. The van der Waals surface area contributed by atoms with E-state index >= 15 is 8.78 Å². The molecule has 0 spiro atoms. The summed E-state index contributed by atoms with van der Waals surface area (Å²) < 4.78 is 66.0. The molecule has 170 valence electrons. The summed E-state index contributed by atoms with van der Waals surface area (Å²) in [6.07, 6.45) is 1.48. The van der Waals surface area contributed by atoms with E-state index in [1.54, 1.807) is 6.92 Å². The number of fused-ring (bicyclic) bond motifs is 5. The molecule has 4 rings (SSSR count). The van der Waals surface area contributed by atoms with Gasteiger partial charge in [0, 0.05) is 43.4 Å². The molecule has 0 aromatic heterocycles. The van der Waals surface area contributed by atoms with Gasteiger partial charge in [-0.3, -0.25) is 9.59 Å². The van der Waals surface area contributed by atoms with Crippen LogP contribution in [0.5, 0.6) is 0 Å². The molecule has 8 atom stereocenters. The van der Waals surface area contributed by atoms with E-state index in [2.05, 4.69) is 0 Å². The Hall–Kier alpha value is -1.14. The van der Waals surface area contributed by atoms with Gasteiger partial charge in [-0.05, 0) is 42.9 Å². The lowest BCUT2D eigenvalue weighted by molar-refractivity contribution is -0.239. The van der Waals surface area contributed by atoms with Crippen molar-refractivity contribution >= 4 is 11.8 Å². The van der Waals surface area contributed by atoms with Gasteiger partial charge in [0.25, 0.3) is 5.92 Å². The van der Waals surface area contributed by atoms with E-state index in [9.17, 15) is 18.4 Å². The number of Topliss-reactive ketones (excluding diaryl/α,β-unsaturated/α-hetero) is 1. The lowest BCUT2D eigenvalue weighted by atomic mass is 9.43. The number of esters is 1. The maximum atomic E-state index is 15.7. The second kappa shape index (κ2) is 6.68. The van der Waals surface area contributed by atoms with Gasteiger partial charge < -0.3 is 4.74 Å². The van der Waals surface area contributed by atoms with Crippen molar-refractivity contribution in [3.8, 4) is 0 Å². The maximum Gasteiger partial charge on any atom is 0.302 e. The van der Waals surface area contributed by atoms with Crippen LogP contribution in [0.25, 0.3) is 0 Å². The molecule has 0 amide bonds. The van der Waals surface area contributed by atoms with Crippen molar-refractivity contribution in [1.82, 2.24) is 0 Å². The first-order valence-corrected chi connectivity index (χ1v) is 11.2. The van der Waals surface area contributed by atoms with Crippen molar-refractivity contribution in [3.63, 3.8) is 0 Å². The fourth-order valence-corrected chi connectivity index (χ4v) is 8.13. The Kier molecular flexibility index (Phi) is 4.91. The monoisotopic (exact) mass is 432 g/mol. The smallest absolute Gasteiger partial charge is 0.302 e. The Labute approximate surface area is 175 Å². The summed E-state index contributed by atoms with van der Waals surface area (Å²) in [5.41, 5.74) is -1.87. The molecule has 0 radical (unpaired) electrons. The summed E-state index contributed by atoms with van der Waals surface area (Å²) in [4.78, 5) is 25.2. The topological polar surface area (TPSA) is 43.4 Å². The number of ether oxygens (including phenoxy) is 1. The number of ketones is 1. The number of carbonyl (C=O) groups is 2. The Morgan fingerprint density at radius 3 is 2.40 bits per heavy atom. The van der Waals surface area contributed by atoms with E-state index in [-0.39, 0.29) is 31.0 Å². The summed E-state index contributed by atoms with van der Waals surface area (Å²) in [6.45, 7) is 5.45. The Morgan fingerprint density at radius 1 is 1.13 bits per heavy atom. The SMILES string of the molecule is CC(=O)OC1C[C@H](C(C)(F)F)[C@@]2(C)CC(=O)[C@H]3[C@H]([C@H]12)C(F)(F)CC1CCCC[C@@]13C. The molecule has 0 saturated heterocycles. The van der Waals surface area contributed by atoms with Gasteiger partial charge in [0.1, 0.15) is 11.9 Å².